The second kappa shape index (κ2) is 4.61. The normalized spacial score (nSPS) is 19.4. The molecular weight excluding hydrogens is 196 g/mol. The van der Waals surface area contributed by atoms with E-state index in [1.807, 2.05) is 0 Å². The molecule has 0 aliphatic heterocycles. The van der Waals surface area contributed by atoms with Gasteiger partial charge in [-0.15, -0.1) is 0 Å². The maximum atomic E-state index is 11.9. The molecule has 0 aromatic heterocycles. The highest BCUT2D eigenvalue weighted by Gasteiger charge is 2.36. The van der Waals surface area contributed by atoms with Gasteiger partial charge in [0.15, 0.2) is 0 Å². The standard InChI is InChI=1S/C10H18N2O3/c1-6(7(2)11)10(15)12(5-9(13)14)8-3-4-8/h6-8H,3-5,11H2,1-2H3,(H,13,14). The van der Waals surface area contributed by atoms with Gasteiger partial charge in [0.1, 0.15) is 6.54 Å². The Balaban J connectivity index is 2.62. The van der Waals surface area contributed by atoms with E-state index in [0.29, 0.717) is 0 Å². The molecule has 1 saturated carbocycles. The van der Waals surface area contributed by atoms with Crippen LogP contribution in [-0.4, -0.2) is 40.5 Å². The van der Waals surface area contributed by atoms with E-state index in [1.165, 1.54) is 4.90 Å². The Kier molecular flexibility index (Phi) is 3.68. The summed E-state index contributed by atoms with van der Waals surface area (Å²) in [4.78, 5) is 23.9. The van der Waals surface area contributed by atoms with Gasteiger partial charge in [-0.2, -0.15) is 0 Å². The van der Waals surface area contributed by atoms with E-state index in [0.717, 1.165) is 12.8 Å². The summed E-state index contributed by atoms with van der Waals surface area (Å²) < 4.78 is 0. The molecule has 0 bridgehead atoms. The van der Waals surface area contributed by atoms with Gasteiger partial charge in [-0.25, -0.2) is 0 Å². The lowest BCUT2D eigenvalue weighted by Crippen LogP contribution is -2.45. The van der Waals surface area contributed by atoms with E-state index in [4.69, 9.17) is 10.8 Å². The molecular formula is C10H18N2O3. The number of nitrogens with two attached hydrogens (primary N) is 1. The zero-order valence-corrected chi connectivity index (χ0v) is 9.14. The highest BCUT2D eigenvalue weighted by atomic mass is 16.4. The second-order valence-corrected chi connectivity index (χ2v) is 4.24. The molecule has 0 aromatic rings. The van der Waals surface area contributed by atoms with Gasteiger partial charge in [0.25, 0.3) is 0 Å². The van der Waals surface area contributed by atoms with Gasteiger partial charge < -0.3 is 15.7 Å². The van der Waals surface area contributed by atoms with Crippen LogP contribution in [0, 0.1) is 5.92 Å². The number of hydrogen-bond acceptors (Lipinski definition) is 3. The van der Waals surface area contributed by atoms with Gasteiger partial charge in [-0.3, -0.25) is 9.59 Å². The maximum absolute atomic E-state index is 11.9. The van der Waals surface area contributed by atoms with E-state index in [-0.39, 0.29) is 30.5 Å². The summed E-state index contributed by atoms with van der Waals surface area (Å²) in [5.74, 6) is -1.42. The summed E-state index contributed by atoms with van der Waals surface area (Å²) in [5, 5.41) is 8.70. The van der Waals surface area contributed by atoms with Crippen molar-refractivity contribution in [3.8, 4) is 0 Å². The monoisotopic (exact) mass is 214 g/mol. The predicted octanol–water partition coefficient (Wildman–Crippen LogP) is 0.0453. The van der Waals surface area contributed by atoms with Crippen molar-refractivity contribution in [3.05, 3.63) is 0 Å². The molecule has 15 heavy (non-hydrogen) atoms. The van der Waals surface area contributed by atoms with Crippen molar-refractivity contribution >= 4 is 11.9 Å². The lowest BCUT2D eigenvalue weighted by Gasteiger charge is -2.25. The number of rotatable bonds is 5. The van der Waals surface area contributed by atoms with Gasteiger partial charge in [-0.05, 0) is 19.8 Å². The fourth-order valence-corrected chi connectivity index (χ4v) is 1.41. The Morgan fingerprint density at radius 2 is 2.00 bits per heavy atom. The molecule has 1 fully saturated rings. The number of nitrogens with zero attached hydrogens (tertiary/aromatic N) is 1. The van der Waals surface area contributed by atoms with E-state index in [1.54, 1.807) is 13.8 Å². The Morgan fingerprint density at radius 1 is 1.47 bits per heavy atom. The van der Waals surface area contributed by atoms with Crippen LogP contribution >= 0.6 is 0 Å². The van der Waals surface area contributed by atoms with Crippen LogP contribution in [0.3, 0.4) is 0 Å². The molecule has 2 atom stereocenters. The molecule has 0 heterocycles. The summed E-state index contributed by atoms with van der Waals surface area (Å²) in [5.41, 5.74) is 5.63. The summed E-state index contributed by atoms with van der Waals surface area (Å²) in [6.07, 6.45) is 1.81. The third-order valence-electron chi connectivity index (χ3n) is 2.75. The van der Waals surface area contributed by atoms with Crippen LogP contribution in [0.1, 0.15) is 26.7 Å². The molecule has 3 N–H and O–H groups in total. The van der Waals surface area contributed by atoms with Gasteiger partial charge in [0, 0.05) is 12.1 Å². The first kappa shape index (κ1) is 12.0. The van der Waals surface area contributed by atoms with Gasteiger partial charge >= 0.3 is 5.97 Å². The van der Waals surface area contributed by atoms with Crippen LogP contribution in [0.4, 0.5) is 0 Å². The molecule has 1 aliphatic carbocycles. The number of carboxylic acid groups (broad SMARTS) is 1. The number of amides is 1. The molecule has 5 heteroatoms. The van der Waals surface area contributed by atoms with Crippen LogP contribution in [0.25, 0.3) is 0 Å². The van der Waals surface area contributed by atoms with Crippen molar-refractivity contribution in [2.75, 3.05) is 6.54 Å². The van der Waals surface area contributed by atoms with Crippen LogP contribution < -0.4 is 5.73 Å². The van der Waals surface area contributed by atoms with E-state index < -0.39 is 5.97 Å². The first-order valence-electron chi connectivity index (χ1n) is 5.21. The first-order chi connectivity index (χ1) is 6.93. The number of carboxylic acids is 1. The number of hydrogen-bond donors (Lipinski definition) is 2. The van der Waals surface area contributed by atoms with Crippen molar-refractivity contribution in [1.29, 1.82) is 0 Å². The van der Waals surface area contributed by atoms with Crippen LogP contribution in [0.2, 0.25) is 0 Å². The minimum Gasteiger partial charge on any atom is -0.480 e. The zero-order chi connectivity index (χ0) is 11.6. The molecule has 0 saturated heterocycles. The van der Waals surface area contributed by atoms with Gasteiger partial charge in [-0.1, -0.05) is 6.92 Å². The molecule has 1 amide bonds. The lowest BCUT2D eigenvalue weighted by molar-refractivity contribution is -0.146. The number of carbonyl (C=O) groups excluding carboxylic acids is 1. The van der Waals surface area contributed by atoms with Crippen molar-refractivity contribution in [1.82, 2.24) is 4.90 Å². The maximum Gasteiger partial charge on any atom is 0.323 e. The van der Waals surface area contributed by atoms with Crippen molar-refractivity contribution in [2.24, 2.45) is 11.7 Å². The quantitative estimate of drug-likeness (QED) is 0.677. The van der Waals surface area contributed by atoms with E-state index in [9.17, 15) is 9.59 Å². The Bertz CT molecular complexity index is 261. The van der Waals surface area contributed by atoms with E-state index >= 15 is 0 Å². The zero-order valence-electron chi connectivity index (χ0n) is 9.14. The van der Waals surface area contributed by atoms with Crippen molar-refractivity contribution in [2.45, 2.75) is 38.8 Å². The lowest BCUT2D eigenvalue weighted by atomic mass is 10.0. The fourth-order valence-electron chi connectivity index (χ4n) is 1.41. The minimum absolute atomic E-state index is 0.120. The summed E-state index contributed by atoms with van der Waals surface area (Å²) >= 11 is 0. The van der Waals surface area contributed by atoms with E-state index in [2.05, 4.69) is 0 Å². The smallest absolute Gasteiger partial charge is 0.323 e. The molecule has 86 valence electrons. The molecule has 2 unspecified atom stereocenters. The minimum atomic E-state index is -0.966. The average molecular weight is 214 g/mol. The molecule has 5 nitrogen and oxygen atoms in total. The third-order valence-corrected chi connectivity index (χ3v) is 2.75. The van der Waals surface area contributed by atoms with Crippen LogP contribution in [0.5, 0.6) is 0 Å². The van der Waals surface area contributed by atoms with Crippen molar-refractivity contribution < 1.29 is 14.7 Å². The summed E-state index contributed by atoms with van der Waals surface area (Å²) in [6, 6.07) is -0.123. The molecule has 0 spiro atoms. The summed E-state index contributed by atoms with van der Waals surface area (Å²) in [7, 11) is 0. The Hall–Kier alpha value is -1.10. The predicted molar refractivity (Wildman–Crippen MR) is 55.2 cm³/mol. The van der Waals surface area contributed by atoms with Crippen LogP contribution in [0.15, 0.2) is 0 Å². The largest absolute Gasteiger partial charge is 0.480 e. The Morgan fingerprint density at radius 3 is 2.33 bits per heavy atom. The second-order valence-electron chi connectivity index (χ2n) is 4.24. The molecule has 1 rings (SSSR count). The van der Waals surface area contributed by atoms with Crippen LogP contribution in [-0.2, 0) is 9.59 Å². The van der Waals surface area contributed by atoms with Gasteiger partial charge in [0.05, 0.1) is 5.92 Å². The third kappa shape index (κ3) is 3.20. The average Bonchev–Trinajstić information content (AvgIpc) is 2.94. The molecule has 0 radical (unpaired) electrons. The first-order valence-corrected chi connectivity index (χ1v) is 5.21. The highest BCUT2D eigenvalue weighted by molar-refractivity contribution is 5.83. The molecule has 0 aromatic carbocycles. The SMILES string of the molecule is CC(N)C(C)C(=O)N(CC(=O)O)C1CC1. The topological polar surface area (TPSA) is 83.6 Å². The van der Waals surface area contributed by atoms with Crippen molar-refractivity contribution in [3.63, 3.8) is 0 Å². The number of aliphatic carboxylic acids is 1. The Labute approximate surface area is 89.2 Å². The fraction of sp³-hybridized carbons (Fsp3) is 0.800. The van der Waals surface area contributed by atoms with Gasteiger partial charge in [0.2, 0.25) is 5.91 Å². The highest BCUT2D eigenvalue weighted by Crippen LogP contribution is 2.28. The molecule has 1 aliphatic rings. The summed E-state index contributed by atoms with van der Waals surface area (Å²) in [6.45, 7) is 3.29. The number of carbonyl (C=O) groups is 2.